The van der Waals surface area contributed by atoms with Gasteiger partial charge < -0.3 is 25.4 Å². The molecule has 10 nitrogen and oxygen atoms in total. The number of imide groups is 1. The molecule has 3 aliphatic rings. The smallest absolute Gasteiger partial charge is 0.319 e. The zero-order chi connectivity index (χ0) is 25.2. The molecule has 2 aliphatic heterocycles. The number of rotatable bonds is 7. The summed E-state index contributed by atoms with van der Waals surface area (Å²) in [6.45, 7) is 0.749. The molecule has 0 unspecified atom stereocenters. The molecule has 2 heterocycles. The number of aliphatic hydroxyl groups excluding tert-OH is 1. The summed E-state index contributed by atoms with van der Waals surface area (Å²) in [7, 11) is 0. The predicted octanol–water partition coefficient (Wildman–Crippen LogP) is 1.92. The van der Waals surface area contributed by atoms with Gasteiger partial charge in [-0.25, -0.2) is 4.79 Å². The van der Waals surface area contributed by atoms with Gasteiger partial charge in [0.25, 0.3) is 5.91 Å². The van der Waals surface area contributed by atoms with Crippen molar-refractivity contribution in [2.45, 2.75) is 50.9 Å². The van der Waals surface area contributed by atoms with E-state index < -0.39 is 11.9 Å². The van der Waals surface area contributed by atoms with Crippen molar-refractivity contribution in [2.24, 2.45) is 5.92 Å². The van der Waals surface area contributed by atoms with Gasteiger partial charge in [0.1, 0.15) is 11.8 Å². The number of benzene rings is 2. The van der Waals surface area contributed by atoms with Crippen LogP contribution in [0.15, 0.2) is 42.5 Å². The molecular formula is C26H28N4O6. The number of anilines is 1. The molecular weight excluding hydrogens is 464 g/mol. The average molecular weight is 493 g/mol. The largest absolute Gasteiger partial charge is 0.490 e. The normalized spacial score (nSPS) is 23.0. The summed E-state index contributed by atoms with van der Waals surface area (Å²) in [6.07, 6.45) is 2.36. The highest BCUT2D eigenvalue weighted by molar-refractivity contribution is 6.05. The van der Waals surface area contributed by atoms with Gasteiger partial charge in [-0.2, -0.15) is 0 Å². The molecule has 4 N–H and O–H groups in total. The first-order valence-corrected chi connectivity index (χ1v) is 12.1. The molecule has 1 atom stereocenters. The van der Waals surface area contributed by atoms with Crippen LogP contribution in [0.25, 0.3) is 0 Å². The van der Waals surface area contributed by atoms with E-state index >= 15 is 0 Å². The number of nitrogens with one attached hydrogen (secondary N) is 3. The molecule has 0 spiro atoms. The number of piperidine rings is 1. The number of ether oxygens (including phenoxy) is 1. The lowest BCUT2D eigenvalue weighted by molar-refractivity contribution is -0.136. The number of aliphatic hydroxyl groups is 1. The van der Waals surface area contributed by atoms with E-state index in [1.807, 2.05) is 6.07 Å². The Morgan fingerprint density at radius 3 is 2.61 bits per heavy atom. The van der Waals surface area contributed by atoms with Gasteiger partial charge in [0.15, 0.2) is 0 Å². The first-order chi connectivity index (χ1) is 17.4. The van der Waals surface area contributed by atoms with E-state index in [9.17, 15) is 19.2 Å². The minimum Gasteiger partial charge on any atom is -0.490 e. The summed E-state index contributed by atoms with van der Waals surface area (Å²) < 4.78 is 5.84. The van der Waals surface area contributed by atoms with Gasteiger partial charge in [-0.15, -0.1) is 0 Å². The molecule has 2 aromatic carbocycles. The van der Waals surface area contributed by atoms with E-state index in [4.69, 9.17) is 9.84 Å². The third-order valence-electron chi connectivity index (χ3n) is 6.91. The van der Waals surface area contributed by atoms with Crippen LogP contribution in [0.2, 0.25) is 0 Å². The number of hydrogen-bond acceptors (Lipinski definition) is 6. The molecule has 1 saturated carbocycles. The van der Waals surface area contributed by atoms with Crippen LogP contribution in [0.4, 0.5) is 10.5 Å². The highest BCUT2D eigenvalue weighted by atomic mass is 16.5. The van der Waals surface area contributed by atoms with Gasteiger partial charge in [0, 0.05) is 37.4 Å². The van der Waals surface area contributed by atoms with Gasteiger partial charge >= 0.3 is 6.03 Å². The summed E-state index contributed by atoms with van der Waals surface area (Å²) >= 11 is 0. The number of fused-ring (bicyclic) bond motifs is 1. The van der Waals surface area contributed by atoms with Crippen LogP contribution in [-0.4, -0.2) is 52.5 Å². The van der Waals surface area contributed by atoms with Gasteiger partial charge in [-0.3, -0.25) is 19.7 Å². The maximum Gasteiger partial charge on any atom is 0.319 e. The van der Waals surface area contributed by atoms with Crippen LogP contribution in [0, 0.1) is 5.92 Å². The van der Waals surface area contributed by atoms with Crippen molar-refractivity contribution in [1.29, 1.82) is 0 Å². The fourth-order valence-electron chi connectivity index (χ4n) is 4.82. The number of hydrogen-bond donors (Lipinski definition) is 4. The Balaban J connectivity index is 1.11. The minimum absolute atomic E-state index is 0.128. The van der Waals surface area contributed by atoms with E-state index in [2.05, 4.69) is 16.0 Å². The van der Waals surface area contributed by atoms with Crippen LogP contribution in [0.5, 0.6) is 5.75 Å². The SMILES string of the molecule is O=C1CC[C@@H](N2Cc3cc(CNC(=O)Nc4ccc(OC5CC(CO)C5)cc4)ccc3C2=O)C(=O)N1. The van der Waals surface area contributed by atoms with Crippen LogP contribution in [0.3, 0.4) is 0 Å². The van der Waals surface area contributed by atoms with E-state index in [0.29, 0.717) is 23.6 Å². The predicted molar refractivity (Wildman–Crippen MR) is 129 cm³/mol. The number of nitrogens with zero attached hydrogens (tertiary/aromatic N) is 1. The number of carbonyl (C=O) groups is 4. The third kappa shape index (κ3) is 5.03. The molecule has 36 heavy (non-hydrogen) atoms. The van der Waals surface area contributed by atoms with Gasteiger partial charge in [-0.1, -0.05) is 12.1 Å². The van der Waals surface area contributed by atoms with Gasteiger partial charge in [0.2, 0.25) is 11.8 Å². The van der Waals surface area contributed by atoms with Gasteiger partial charge in [-0.05, 0) is 66.6 Å². The second-order valence-electron chi connectivity index (χ2n) is 9.48. The summed E-state index contributed by atoms with van der Waals surface area (Å²) in [6, 6.07) is 11.5. The van der Waals surface area contributed by atoms with Gasteiger partial charge in [0.05, 0.1) is 6.10 Å². The van der Waals surface area contributed by atoms with Crippen LogP contribution < -0.4 is 20.7 Å². The number of urea groups is 1. The lowest BCUT2D eigenvalue weighted by atomic mass is 9.83. The van der Waals surface area contributed by atoms with Crippen LogP contribution in [0.1, 0.15) is 47.2 Å². The Hall–Kier alpha value is -3.92. The van der Waals surface area contributed by atoms with E-state index in [1.165, 1.54) is 4.90 Å². The maximum atomic E-state index is 12.8. The van der Waals surface area contributed by atoms with E-state index in [-0.39, 0.29) is 50.1 Å². The fourth-order valence-corrected chi connectivity index (χ4v) is 4.82. The standard InChI is InChI=1S/C26H28N4O6/c31-14-16-10-20(11-16)36-19-4-2-18(3-5-19)28-26(35)27-12-15-1-6-21-17(9-15)13-30(25(21)34)22-7-8-23(32)29-24(22)33/h1-6,9,16,20,22,31H,7-8,10-14H2,(H2,27,28,35)(H,29,32,33)/t16?,20?,22-/m1/s1. The van der Waals surface area contributed by atoms with E-state index in [0.717, 1.165) is 29.7 Å². The van der Waals surface area contributed by atoms with E-state index in [1.54, 1.807) is 36.4 Å². The average Bonchev–Trinajstić information content (AvgIpc) is 3.16. The van der Waals surface area contributed by atoms with Crippen molar-refractivity contribution in [3.8, 4) is 5.75 Å². The summed E-state index contributed by atoms with van der Waals surface area (Å²) in [5.41, 5.74) is 2.77. The lowest BCUT2D eigenvalue weighted by Crippen LogP contribution is -2.52. The number of amides is 5. The Kier molecular flexibility index (Phi) is 6.60. The molecule has 10 heteroatoms. The monoisotopic (exact) mass is 492 g/mol. The molecule has 5 rings (SSSR count). The Morgan fingerprint density at radius 2 is 1.89 bits per heavy atom. The van der Waals surface area contributed by atoms with Crippen LogP contribution in [-0.2, 0) is 22.7 Å². The molecule has 0 bridgehead atoms. The summed E-state index contributed by atoms with van der Waals surface area (Å²) in [4.78, 5) is 50.3. The lowest BCUT2D eigenvalue weighted by Gasteiger charge is -2.34. The summed E-state index contributed by atoms with van der Waals surface area (Å²) in [5, 5.41) is 17.0. The minimum atomic E-state index is -0.655. The first kappa shape index (κ1) is 23.8. The second kappa shape index (κ2) is 9.98. The second-order valence-corrected chi connectivity index (χ2v) is 9.48. The van der Waals surface area contributed by atoms with Crippen molar-refractivity contribution >= 4 is 29.4 Å². The molecule has 5 amide bonds. The molecule has 1 saturated heterocycles. The Bertz CT molecular complexity index is 1190. The van der Waals surface area contributed by atoms with Crippen molar-refractivity contribution in [1.82, 2.24) is 15.5 Å². The summed E-state index contributed by atoms with van der Waals surface area (Å²) in [5.74, 6) is 0.0667. The highest BCUT2D eigenvalue weighted by Crippen LogP contribution is 2.31. The number of carbonyl (C=O) groups excluding carboxylic acids is 4. The molecule has 2 fully saturated rings. The Morgan fingerprint density at radius 1 is 1.11 bits per heavy atom. The first-order valence-electron chi connectivity index (χ1n) is 12.1. The quantitative estimate of drug-likeness (QED) is 0.436. The van der Waals surface area contributed by atoms with Crippen molar-refractivity contribution in [3.63, 3.8) is 0 Å². The molecule has 0 aromatic heterocycles. The van der Waals surface area contributed by atoms with Crippen LogP contribution >= 0.6 is 0 Å². The molecule has 0 radical (unpaired) electrons. The molecule has 188 valence electrons. The fraction of sp³-hybridized carbons (Fsp3) is 0.385. The highest BCUT2D eigenvalue weighted by Gasteiger charge is 2.39. The topological polar surface area (TPSA) is 137 Å². The molecule has 1 aliphatic carbocycles. The van der Waals surface area contributed by atoms with Crippen molar-refractivity contribution < 1.29 is 29.0 Å². The zero-order valence-corrected chi connectivity index (χ0v) is 19.7. The third-order valence-corrected chi connectivity index (χ3v) is 6.91. The molecule has 2 aromatic rings. The maximum absolute atomic E-state index is 12.8. The van der Waals surface area contributed by atoms with Crippen molar-refractivity contribution in [3.05, 3.63) is 59.2 Å². The van der Waals surface area contributed by atoms with Crippen molar-refractivity contribution in [2.75, 3.05) is 11.9 Å². The Labute approximate surface area is 208 Å². The zero-order valence-electron chi connectivity index (χ0n) is 19.7.